The van der Waals surface area contributed by atoms with Gasteiger partial charge >= 0.3 is 0 Å². The molecule has 3 N–H and O–H groups in total. The molecule has 0 unspecified atom stereocenters. The van der Waals surface area contributed by atoms with Crippen molar-refractivity contribution in [1.29, 1.82) is 0 Å². The maximum atomic E-state index is 12.3. The SMILES string of the molecule is Nc1ccc2sc(C(=O)NC3CCCCCC3)cc2c1. The lowest BCUT2D eigenvalue weighted by molar-refractivity contribution is 0.0937. The van der Waals surface area contributed by atoms with Gasteiger partial charge in [-0.25, -0.2) is 0 Å². The zero-order chi connectivity index (χ0) is 13.9. The summed E-state index contributed by atoms with van der Waals surface area (Å²) in [5, 5.41) is 4.25. The monoisotopic (exact) mass is 288 g/mol. The number of amides is 1. The zero-order valence-electron chi connectivity index (χ0n) is 11.5. The van der Waals surface area contributed by atoms with Gasteiger partial charge in [0.25, 0.3) is 5.91 Å². The van der Waals surface area contributed by atoms with E-state index < -0.39 is 0 Å². The highest BCUT2D eigenvalue weighted by molar-refractivity contribution is 7.20. The molecule has 0 bridgehead atoms. The molecule has 1 amide bonds. The lowest BCUT2D eigenvalue weighted by Gasteiger charge is -2.15. The molecule has 1 aromatic carbocycles. The second-order valence-electron chi connectivity index (χ2n) is 5.57. The fourth-order valence-corrected chi connectivity index (χ4v) is 3.80. The van der Waals surface area contributed by atoms with Gasteiger partial charge in [0.15, 0.2) is 0 Å². The smallest absolute Gasteiger partial charge is 0.261 e. The Bertz CT molecular complexity index is 612. The quantitative estimate of drug-likeness (QED) is 0.649. The number of anilines is 1. The molecule has 0 atom stereocenters. The highest BCUT2D eigenvalue weighted by atomic mass is 32.1. The summed E-state index contributed by atoms with van der Waals surface area (Å²) >= 11 is 1.54. The Hall–Kier alpha value is -1.55. The van der Waals surface area contributed by atoms with Crippen LogP contribution in [0, 0.1) is 0 Å². The molecule has 1 saturated carbocycles. The molecular formula is C16H20N2OS. The summed E-state index contributed by atoms with van der Waals surface area (Å²) in [7, 11) is 0. The number of carbonyl (C=O) groups excluding carboxylic acids is 1. The van der Waals surface area contributed by atoms with E-state index in [4.69, 9.17) is 5.73 Å². The molecular weight excluding hydrogens is 268 g/mol. The number of thiophene rings is 1. The summed E-state index contributed by atoms with van der Waals surface area (Å²) in [5.41, 5.74) is 6.52. The lowest BCUT2D eigenvalue weighted by atomic mass is 10.1. The van der Waals surface area contributed by atoms with Crippen LogP contribution in [-0.2, 0) is 0 Å². The summed E-state index contributed by atoms with van der Waals surface area (Å²) in [6, 6.07) is 8.08. The van der Waals surface area contributed by atoms with Crippen molar-refractivity contribution in [2.24, 2.45) is 0 Å². The molecule has 106 valence electrons. The Morgan fingerprint density at radius 2 is 1.90 bits per heavy atom. The van der Waals surface area contributed by atoms with E-state index in [1.54, 1.807) is 11.3 Å². The van der Waals surface area contributed by atoms with E-state index in [0.29, 0.717) is 6.04 Å². The van der Waals surface area contributed by atoms with Crippen LogP contribution >= 0.6 is 11.3 Å². The van der Waals surface area contributed by atoms with Crippen molar-refractivity contribution in [2.45, 2.75) is 44.6 Å². The molecule has 0 aliphatic heterocycles. The van der Waals surface area contributed by atoms with Crippen LogP contribution in [0.1, 0.15) is 48.2 Å². The van der Waals surface area contributed by atoms with Gasteiger partial charge in [-0.1, -0.05) is 25.7 Å². The van der Waals surface area contributed by atoms with Gasteiger partial charge in [-0.3, -0.25) is 4.79 Å². The maximum Gasteiger partial charge on any atom is 0.261 e. The summed E-state index contributed by atoms with van der Waals surface area (Å²) < 4.78 is 1.12. The Labute approximate surface area is 123 Å². The zero-order valence-corrected chi connectivity index (χ0v) is 12.3. The minimum absolute atomic E-state index is 0.0664. The summed E-state index contributed by atoms with van der Waals surface area (Å²) in [5.74, 6) is 0.0664. The molecule has 1 aliphatic rings. The van der Waals surface area contributed by atoms with E-state index in [0.717, 1.165) is 33.5 Å². The van der Waals surface area contributed by atoms with Gasteiger partial charge in [0.05, 0.1) is 4.88 Å². The van der Waals surface area contributed by atoms with E-state index >= 15 is 0 Å². The number of nitrogens with one attached hydrogen (secondary N) is 1. The first-order valence-electron chi connectivity index (χ1n) is 7.32. The van der Waals surface area contributed by atoms with Crippen LogP contribution in [0.15, 0.2) is 24.3 Å². The third kappa shape index (κ3) is 2.96. The minimum Gasteiger partial charge on any atom is -0.399 e. The van der Waals surface area contributed by atoms with Crippen LogP contribution in [0.3, 0.4) is 0 Å². The fourth-order valence-electron chi connectivity index (χ4n) is 2.85. The summed E-state index contributed by atoms with van der Waals surface area (Å²) in [4.78, 5) is 13.1. The molecule has 0 saturated heterocycles. The standard InChI is InChI=1S/C16H20N2OS/c17-12-7-8-14-11(9-12)10-15(20-14)16(19)18-13-5-3-1-2-4-6-13/h7-10,13H,1-6,17H2,(H,18,19). The molecule has 1 aromatic heterocycles. The number of fused-ring (bicyclic) bond motifs is 1. The number of rotatable bonds is 2. The van der Waals surface area contributed by atoms with Gasteiger partial charge in [0.1, 0.15) is 0 Å². The number of nitrogen functional groups attached to an aromatic ring is 1. The summed E-state index contributed by atoms with van der Waals surface area (Å²) in [6.45, 7) is 0. The molecule has 1 heterocycles. The third-order valence-electron chi connectivity index (χ3n) is 3.95. The van der Waals surface area contributed by atoms with Crippen molar-refractivity contribution in [3.63, 3.8) is 0 Å². The van der Waals surface area contributed by atoms with Crippen molar-refractivity contribution >= 4 is 33.0 Å². The first-order chi connectivity index (χ1) is 9.72. The average molecular weight is 288 g/mol. The Morgan fingerprint density at radius 1 is 1.15 bits per heavy atom. The topological polar surface area (TPSA) is 55.1 Å². The molecule has 20 heavy (non-hydrogen) atoms. The molecule has 3 nitrogen and oxygen atoms in total. The van der Waals surface area contributed by atoms with Gasteiger partial charge in [-0.2, -0.15) is 0 Å². The van der Waals surface area contributed by atoms with Crippen LogP contribution in [0.5, 0.6) is 0 Å². The fraction of sp³-hybridized carbons (Fsp3) is 0.438. The number of nitrogens with two attached hydrogens (primary N) is 1. The number of carbonyl (C=O) groups is 1. The van der Waals surface area contributed by atoms with Gasteiger partial charge in [0.2, 0.25) is 0 Å². The van der Waals surface area contributed by atoms with Crippen molar-refractivity contribution < 1.29 is 4.79 Å². The predicted octanol–water partition coefficient (Wildman–Crippen LogP) is 3.94. The van der Waals surface area contributed by atoms with Crippen molar-refractivity contribution in [3.8, 4) is 0 Å². The van der Waals surface area contributed by atoms with Crippen LogP contribution in [0.4, 0.5) is 5.69 Å². The Morgan fingerprint density at radius 3 is 2.65 bits per heavy atom. The van der Waals surface area contributed by atoms with E-state index in [9.17, 15) is 4.79 Å². The maximum absolute atomic E-state index is 12.3. The van der Waals surface area contributed by atoms with Gasteiger partial charge in [0, 0.05) is 16.4 Å². The average Bonchev–Trinajstić information content (AvgIpc) is 2.68. The second kappa shape index (κ2) is 5.83. The summed E-state index contributed by atoms with van der Waals surface area (Å²) in [6.07, 6.45) is 7.29. The Kier molecular flexibility index (Phi) is 3.92. The number of hydrogen-bond acceptors (Lipinski definition) is 3. The molecule has 3 rings (SSSR count). The highest BCUT2D eigenvalue weighted by Crippen LogP contribution is 2.27. The van der Waals surface area contributed by atoms with E-state index in [1.807, 2.05) is 24.3 Å². The van der Waals surface area contributed by atoms with Crippen LogP contribution < -0.4 is 11.1 Å². The molecule has 0 radical (unpaired) electrons. The molecule has 2 aromatic rings. The first kappa shape index (κ1) is 13.4. The highest BCUT2D eigenvalue weighted by Gasteiger charge is 2.17. The molecule has 0 spiro atoms. The van der Waals surface area contributed by atoms with Crippen molar-refractivity contribution in [2.75, 3.05) is 5.73 Å². The Balaban J connectivity index is 1.74. The van der Waals surface area contributed by atoms with E-state index in [2.05, 4.69) is 5.32 Å². The minimum atomic E-state index is 0.0664. The van der Waals surface area contributed by atoms with E-state index in [1.165, 1.54) is 25.7 Å². The van der Waals surface area contributed by atoms with Gasteiger partial charge < -0.3 is 11.1 Å². The van der Waals surface area contributed by atoms with Crippen LogP contribution in [-0.4, -0.2) is 11.9 Å². The number of benzene rings is 1. The second-order valence-corrected chi connectivity index (χ2v) is 6.65. The van der Waals surface area contributed by atoms with Crippen LogP contribution in [0.25, 0.3) is 10.1 Å². The van der Waals surface area contributed by atoms with Crippen LogP contribution in [0.2, 0.25) is 0 Å². The largest absolute Gasteiger partial charge is 0.399 e. The first-order valence-corrected chi connectivity index (χ1v) is 8.14. The molecule has 4 heteroatoms. The van der Waals surface area contributed by atoms with Gasteiger partial charge in [-0.05, 0) is 42.5 Å². The lowest BCUT2D eigenvalue weighted by Crippen LogP contribution is -2.33. The van der Waals surface area contributed by atoms with Crippen molar-refractivity contribution in [1.82, 2.24) is 5.32 Å². The predicted molar refractivity (Wildman–Crippen MR) is 85.2 cm³/mol. The molecule has 1 fully saturated rings. The molecule has 1 aliphatic carbocycles. The van der Waals surface area contributed by atoms with Crippen molar-refractivity contribution in [3.05, 3.63) is 29.1 Å². The van der Waals surface area contributed by atoms with Gasteiger partial charge in [-0.15, -0.1) is 11.3 Å². The van der Waals surface area contributed by atoms with E-state index in [-0.39, 0.29) is 5.91 Å². The third-order valence-corrected chi connectivity index (χ3v) is 5.07. The normalized spacial score (nSPS) is 17.0. The number of hydrogen-bond donors (Lipinski definition) is 2.